The second-order valence-corrected chi connectivity index (χ2v) is 6.50. The van der Waals surface area contributed by atoms with Gasteiger partial charge in [0.1, 0.15) is 5.54 Å². The molecule has 2 N–H and O–H groups in total. The summed E-state index contributed by atoms with van der Waals surface area (Å²) >= 11 is 0. The van der Waals surface area contributed by atoms with E-state index in [2.05, 4.69) is 10.3 Å². The van der Waals surface area contributed by atoms with Crippen molar-refractivity contribution in [2.24, 2.45) is 24.8 Å². The Kier molecular flexibility index (Phi) is 2.59. The van der Waals surface area contributed by atoms with Gasteiger partial charge in [0.05, 0.1) is 12.1 Å². The predicted octanol–water partition coefficient (Wildman–Crippen LogP) is -2.39. The first-order chi connectivity index (χ1) is 8.14. The molecule has 4 aliphatic carbocycles. The molecule has 1 heterocycles. The lowest BCUT2D eigenvalue weighted by Gasteiger charge is -2.53. The number of nitrogens with two attached hydrogens (primary N) is 1. The predicted molar refractivity (Wildman–Crippen MR) is 61.8 cm³/mol. The molecule has 0 amide bonds. The molecule has 0 saturated heterocycles. The van der Waals surface area contributed by atoms with Gasteiger partial charge in [0.15, 0.2) is 0 Å². The highest BCUT2D eigenvalue weighted by atomic mass is 35.5. The van der Waals surface area contributed by atoms with Crippen LogP contribution in [0.5, 0.6) is 0 Å². The Morgan fingerprint density at radius 1 is 1.17 bits per heavy atom. The number of rotatable bonds is 1. The Hall–Kier alpha value is -0.840. The van der Waals surface area contributed by atoms with Crippen LogP contribution in [0.4, 0.5) is 5.95 Å². The summed E-state index contributed by atoms with van der Waals surface area (Å²) in [5, 5.41) is 8.94. The second kappa shape index (κ2) is 3.83. The summed E-state index contributed by atoms with van der Waals surface area (Å²) in [6.45, 7) is 0. The third kappa shape index (κ3) is 1.56. The highest BCUT2D eigenvalue weighted by Gasteiger charge is 2.55. The van der Waals surface area contributed by atoms with Crippen molar-refractivity contribution < 1.29 is 17.1 Å². The Bertz CT molecular complexity index is 414. The van der Waals surface area contributed by atoms with E-state index in [-0.39, 0.29) is 17.9 Å². The molecule has 4 fully saturated rings. The summed E-state index contributed by atoms with van der Waals surface area (Å²) in [6, 6.07) is 0. The molecule has 4 saturated carbocycles. The average molecular weight is 270 g/mol. The third-order valence-electron chi connectivity index (χ3n) is 5.18. The summed E-state index contributed by atoms with van der Waals surface area (Å²) in [5.74, 6) is 3.28. The molecule has 0 aromatic carbocycles. The maximum atomic E-state index is 5.83. The topological polar surface area (TPSA) is 60.6 Å². The first kappa shape index (κ1) is 12.2. The molecule has 1 aromatic heterocycles. The molecule has 1 aromatic rings. The van der Waals surface area contributed by atoms with Gasteiger partial charge >= 0.3 is 5.95 Å². The largest absolute Gasteiger partial charge is 1.00 e. The van der Waals surface area contributed by atoms with E-state index in [9.17, 15) is 0 Å². The Labute approximate surface area is 113 Å². The van der Waals surface area contributed by atoms with E-state index in [1.165, 1.54) is 38.5 Å². The molecule has 4 bridgehead atoms. The van der Waals surface area contributed by atoms with Crippen molar-refractivity contribution in [3.63, 3.8) is 0 Å². The van der Waals surface area contributed by atoms with Gasteiger partial charge in [-0.2, -0.15) is 0 Å². The third-order valence-corrected chi connectivity index (χ3v) is 5.18. The zero-order chi connectivity index (χ0) is 11.6. The lowest BCUT2D eigenvalue weighted by molar-refractivity contribution is -0.720. The Morgan fingerprint density at radius 2 is 1.67 bits per heavy atom. The molecule has 0 aliphatic heterocycles. The molecule has 5 rings (SSSR count). The van der Waals surface area contributed by atoms with E-state index >= 15 is 0 Å². The van der Waals surface area contributed by atoms with Crippen LogP contribution in [0.15, 0.2) is 0 Å². The maximum Gasteiger partial charge on any atom is 0.395 e. The van der Waals surface area contributed by atoms with E-state index in [1.54, 1.807) is 4.68 Å². The summed E-state index contributed by atoms with van der Waals surface area (Å²) in [7, 11) is 1.87. The first-order valence-electron chi connectivity index (χ1n) is 6.74. The number of hydrogen-bond donors (Lipinski definition) is 1. The fraction of sp³-hybridized carbons (Fsp3) is 0.917. The minimum atomic E-state index is 0. The van der Waals surface area contributed by atoms with Crippen LogP contribution in [0.3, 0.4) is 0 Å². The average Bonchev–Trinajstić information content (AvgIpc) is 2.58. The number of halogens is 1. The van der Waals surface area contributed by atoms with Crippen LogP contribution in [0.2, 0.25) is 0 Å². The zero-order valence-electron chi connectivity index (χ0n) is 10.7. The van der Waals surface area contributed by atoms with Gasteiger partial charge < -0.3 is 18.1 Å². The van der Waals surface area contributed by atoms with Gasteiger partial charge in [-0.15, -0.1) is 4.68 Å². The SMILES string of the molecule is C[n+]1nn(C23CC4CC(CC(C4)C2)C3)nc1N.[Cl-]. The molecular weight excluding hydrogens is 250 g/mol. The maximum absolute atomic E-state index is 5.83. The normalized spacial score (nSPS) is 40.8. The number of hydrogen-bond acceptors (Lipinski definition) is 3. The first-order valence-corrected chi connectivity index (χ1v) is 6.74. The summed E-state index contributed by atoms with van der Waals surface area (Å²) in [6.07, 6.45) is 8.15. The second-order valence-electron chi connectivity index (χ2n) is 6.50. The highest BCUT2D eigenvalue weighted by molar-refractivity contribution is 5.05. The number of aryl methyl sites for hydroxylation is 1. The quantitative estimate of drug-likeness (QED) is 0.579. The fourth-order valence-corrected chi connectivity index (χ4v) is 4.87. The Morgan fingerprint density at radius 3 is 2.06 bits per heavy atom. The van der Waals surface area contributed by atoms with Crippen LogP contribution >= 0.6 is 0 Å². The Balaban J connectivity index is 0.000001000. The number of tetrazole rings is 1. The molecule has 0 unspecified atom stereocenters. The van der Waals surface area contributed by atoms with Crippen LogP contribution in [0.25, 0.3) is 0 Å². The molecular formula is C12H20ClN5. The molecule has 5 nitrogen and oxygen atoms in total. The van der Waals surface area contributed by atoms with Crippen molar-refractivity contribution >= 4 is 5.95 Å². The van der Waals surface area contributed by atoms with Gasteiger partial charge in [0, 0.05) is 5.21 Å². The summed E-state index contributed by atoms with van der Waals surface area (Å²) in [5.41, 5.74) is 6.03. The van der Waals surface area contributed by atoms with Gasteiger partial charge in [-0.1, -0.05) is 0 Å². The van der Waals surface area contributed by atoms with Crippen molar-refractivity contribution in [2.45, 2.75) is 44.1 Å². The van der Waals surface area contributed by atoms with E-state index in [4.69, 9.17) is 5.73 Å². The van der Waals surface area contributed by atoms with E-state index in [1.807, 2.05) is 11.8 Å². The zero-order valence-corrected chi connectivity index (χ0v) is 11.5. The summed E-state index contributed by atoms with van der Waals surface area (Å²) in [4.78, 5) is 1.95. The van der Waals surface area contributed by atoms with Crippen LogP contribution < -0.4 is 22.8 Å². The fourth-order valence-electron chi connectivity index (χ4n) is 4.87. The minimum absolute atomic E-state index is 0. The van der Waals surface area contributed by atoms with E-state index in [0.717, 1.165) is 17.8 Å². The van der Waals surface area contributed by atoms with E-state index < -0.39 is 0 Å². The molecule has 0 atom stereocenters. The van der Waals surface area contributed by atoms with Crippen molar-refractivity contribution in [1.29, 1.82) is 0 Å². The molecule has 0 spiro atoms. The molecule has 18 heavy (non-hydrogen) atoms. The van der Waals surface area contributed by atoms with Crippen LogP contribution in [0.1, 0.15) is 38.5 Å². The number of anilines is 1. The van der Waals surface area contributed by atoms with Gasteiger partial charge in [0.25, 0.3) is 0 Å². The van der Waals surface area contributed by atoms with Gasteiger partial charge in [-0.3, -0.25) is 0 Å². The molecule has 0 radical (unpaired) electrons. The molecule has 4 aliphatic rings. The van der Waals surface area contributed by atoms with Crippen molar-refractivity contribution in [2.75, 3.05) is 5.73 Å². The van der Waals surface area contributed by atoms with Gasteiger partial charge in [-0.25, -0.2) is 0 Å². The van der Waals surface area contributed by atoms with Crippen LogP contribution in [-0.2, 0) is 12.6 Å². The smallest absolute Gasteiger partial charge is 0.395 e. The van der Waals surface area contributed by atoms with Crippen LogP contribution in [-0.4, -0.2) is 15.1 Å². The van der Waals surface area contributed by atoms with Crippen molar-refractivity contribution in [3.8, 4) is 0 Å². The van der Waals surface area contributed by atoms with Crippen molar-refractivity contribution in [1.82, 2.24) is 15.1 Å². The standard InChI is InChI=1S/C12H20N5.ClH/c1-16-11(13)14-17(15-16)12-5-8-2-9(6-12)4-10(3-8)7-12;/h8-10H,2-7H2,1H3,(H2,13,14,15);1H/q+1;/p-1. The summed E-state index contributed by atoms with van der Waals surface area (Å²) < 4.78 is 1.69. The highest BCUT2D eigenvalue weighted by Crippen LogP contribution is 2.58. The van der Waals surface area contributed by atoms with Gasteiger partial charge in [0.2, 0.25) is 0 Å². The van der Waals surface area contributed by atoms with Gasteiger partial charge in [-0.05, 0) is 61.1 Å². The lowest BCUT2D eigenvalue weighted by atomic mass is 9.53. The molecule has 100 valence electrons. The minimum Gasteiger partial charge on any atom is -1.00 e. The number of nitrogen functional groups attached to an aromatic ring is 1. The monoisotopic (exact) mass is 269 g/mol. The van der Waals surface area contributed by atoms with Crippen molar-refractivity contribution in [3.05, 3.63) is 0 Å². The lowest BCUT2D eigenvalue weighted by Crippen LogP contribution is -3.00. The number of nitrogens with zero attached hydrogens (tertiary/aromatic N) is 4. The van der Waals surface area contributed by atoms with Crippen LogP contribution in [0, 0.1) is 17.8 Å². The molecule has 6 heteroatoms. The van der Waals surface area contributed by atoms with E-state index in [0.29, 0.717) is 5.95 Å². The number of aromatic nitrogens is 4.